The molecule has 0 aliphatic rings. The van der Waals surface area contributed by atoms with Crippen LogP contribution in [0.5, 0.6) is 0 Å². The van der Waals surface area contributed by atoms with Crippen molar-refractivity contribution in [1.82, 2.24) is 0 Å². The molecular formula is C8H15N. The predicted octanol–water partition coefficient (Wildman–Crippen LogP) is 1.86. The second-order valence-electron chi connectivity index (χ2n) is 2.69. The van der Waals surface area contributed by atoms with Crippen molar-refractivity contribution in [2.75, 3.05) is 0 Å². The Bertz CT molecular complexity index is 123. The quantitative estimate of drug-likeness (QED) is 0.572. The van der Waals surface area contributed by atoms with Gasteiger partial charge in [0.15, 0.2) is 0 Å². The number of hydrogen-bond donors (Lipinski definition) is 1. The molecule has 1 atom stereocenters. The van der Waals surface area contributed by atoms with E-state index in [0.29, 0.717) is 0 Å². The molecule has 0 aromatic carbocycles. The molecule has 0 spiro atoms. The van der Waals surface area contributed by atoms with E-state index in [2.05, 4.69) is 13.2 Å². The van der Waals surface area contributed by atoms with Crippen LogP contribution in [0.25, 0.3) is 0 Å². The SMILES string of the molecule is C=CCC(C)(N)C(=C)C. The molecule has 0 rings (SSSR count). The Balaban J connectivity index is 4.00. The van der Waals surface area contributed by atoms with Crippen LogP contribution in [-0.2, 0) is 0 Å². The van der Waals surface area contributed by atoms with E-state index in [1.165, 1.54) is 0 Å². The molecule has 52 valence electrons. The van der Waals surface area contributed by atoms with Gasteiger partial charge < -0.3 is 5.73 Å². The van der Waals surface area contributed by atoms with Gasteiger partial charge in [0.25, 0.3) is 0 Å². The number of nitrogens with two attached hydrogens (primary N) is 1. The first-order valence-electron chi connectivity index (χ1n) is 3.06. The normalized spacial score (nSPS) is 16.3. The Kier molecular flexibility index (Phi) is 2.65. The molecule has 1 unspecified atom stereocenters. The van der Waals surface area contributed by atoms with Crippen LogP contribution in [0.3, 0.4) is 0 Å². The van der Waals surface area contributed by atoms with E-state index in [9.17, 15) is 0 Å². The Morgan fingerprint density at radius 2 is 2.22 bits per heavy atom. The van der Waals surface area contributed by atoms with Gasteiger partial charge in [-0.25, -0.2) is 0 Å². The third-order valence-electron chi connectivity index (χ3n) is 1.54. The molecule has 1 heteroatoms. The maximum absolute atomic E-state index is 5.80. The number of rotatable bonds is 3. The third-order valence-corrected chi connectivity index (χ3v) is 1.54. The average Bonchev–Trinajstić information content (AvgIpc) is 1.65. The van der Waals surface area contributed by atoms with Crippen LogP contribution in [0.2, 0.25) is 0 Å². The van der Waals surface area contributed by atoms with Crippen LogP contribution in [0, 0.1) is 0 Å². The van der Waals surface area contributed by atoms with E-state index in [4.69, 9.17) is 5.73 Å². The fourth-order valence-electron chi connectivity index (χ4n) is 0.474. The smallest absolute Gasteiger partial charge is 0.0369 e. The highest BCUT2D eigenvalue weighted by molar-refractivity contribution is 5.12. The Hall–Kier alpha value is -0.560. The van der Waals surface area contributed by atoms with E-state index in [0.717, 1.165) is 12.0 Å². The van der Waals surface area contributed by atoms with Crippen molar-refractivity contribution in [2.24, 2.45) is 5.73 Å². The molecule has 0 aromatic rings. The van der Waals surface area contributed by atoms with Gasteiger partial charge in [0.05, 0.1) is 0 Å². The topological polar surface area (TPSA) is 26.0 Å². The molecular weight excluding hydrogens is 110 g/mol. The lowest BCUT2D eigenvalue weighted by atomic mass is 9.92. The van der Waals surface area contributed by atoms with Crippen molar-refractivity contribution in [3.8, 4) is 0 Å². The lowest BCUT2D eigenvalue weighted by Gasteiger charge is -2.22. The monoisotopic (exact) mass is 125 g/mol. The van der Waals surface area contributed by atoms with E-state index in [1.807, 2.05) is 19.9 Å². The van der Waals surface area contributed by atoms with Crippen LogP contribution >= 0.6 is 0 Å². The fourth-order valence-corrected chi connectivity index (χ4v) is 0.474. The summed E-state index contributed by atoms with van der Waals surface area (Å²) in [5, 5.41) is 0. The van der Waals surface area contributed by atoms with Gasteiger partial charge in [-0.2, -0.15) is 0 Å². The zero-order chi connectivity index (χ0) is 7.49. The summed E-state index contributed by atoms with van der Waals surface area (Å²) in [5.74, 6) is 0. The van der Waals surface area contributed by atoms with Crippen LogP contribution in [0.15, 0.2) is 24.8 Å². The first-order chi connectivity index (χ1) is 4.00. The lowest BCUT2D eigenvalue weighted by molar-refractivity contribution is 0.560. The van der Waals surface area contributed by atoms with E-state index in [-0.39, 0.29) is 5.54 Å². The highest BCUT2D eigenvalue weighted by Gasteiger charge is 2.15. The average molecular weight is 125 g/mol. The van der Waals surface area contributed by atoms with Crippen molar-refractivity contribution in [3.05, 3.63) is 24.8 Å². The minimum atomic E-state index is -0.262. The van der Waals surface area contributed by atoms with Gasteiger partial charge in [0.1, 0.15) is 0 Å². The molecule has 0 radical (unpaired) electrons. The van der Waals surface area contributed by atoms with Crippen molar-refractivity contribution < 1.29 is 0 Å². The largest absolute Gasteiger partial charge is 0.322 e. The highest BCUT2D eigenvalue weighted by Crippen LogP contribution is 2.14. The summed E-state index contributed by atoms with van der Waals surface area (Å²) >= 11 is 0. The van der Waals surface area contributed by atoms with Crippen LogP contribution < -0.4 is 5.73 Å². The fraction of sp³-hybridized carbons (Fsp3) is 0.500. The third kappa shape index (κ3) is 2.47. The van der Waals surface area contributed by atoms with Gasteiger partial charge in [-0.05, 0) is 20.3 Å². The minimum absolute atomic E-state index is 0.262. The number of hydrogen-bond acceptors (Lipinski definition) is 1. The van der Waals surface area contributed by atoms with Crippen LogP contribution in [0.4, 0.5) is 0 Å². The lowest BCUT2D eigenvalue weighted by Crippen LogP contribution is -2.36. The van der Waals surface area contributed by atoms with Gasteiger partial charge in [-0.1, -0.05) is 18.2 Å². The molecule has 2 N–H and O–H groups in total. The maximum atomic E-state index is 5.80. The Labute approximate surface area is 57.3 Å². The second kappa shape index (κ2) is 2.83. The first-order valence-corrected chi connectivity index (χ1v) is 3.06. The molecule has 0 fully saturated rings. The molecule has 0 aliphatic heterocycles. The summed E-state index contributed by atoms with van der Waals surface area (Å²) in [6.45, 7) is 11.3. The molecule has 9 heavy (non-hydrogen) atoms. The summed E-state index contributed by atoms with van der Waals surface area (Å²) in [7, 11) is 0. The Morgan fingerprint density at radius 1 is 1.78 bits per heavy atom. The molecule has 0 saturated carbocycles. The molecule has 0 heterocycles. The molecule has 0 bridgehead atoms. The molecule has 0 aliphatic carbocycles. The van der Waals surface area contributed by atoms with Gasteiger partial charge in [-0.15, -0.1) is 6.58 Å². The maximum Gasteiger partial charge on any atom is 0.0369 e. The summed E-state index contributed by atoms with van der Waals surface area (Å²) in [6.07, 6.45) is 2.61. The van der Waals surface area contributed by atoms with Gasteiger partial charge in [0.2, 0.25) is 0 Å². The first kappa shape index (κ1) is 8.44. The zero-order valence-corrected chi connectivity index (χ0v) is 6.28. The minimum Gasteiger partial charge on any atom is -0.322 e. The molecule has 0 aromatic heterocycles. The highest BCUT2D eigenvalue weighted by atomic mass is 14.7. The zero-order valence-electron chi connectivity index (χ0n) is 6.28. The van der Waals surface area contributed by atoms with Gasteiger partial charge in [0, 0.05) is 5.54 Å². The Morgan fingerprint density at radius 3 is 2.33 bits per heavy atom. The standard InChI is InChI=1S/C8H15N/c1-5-6-8(4,9)7(2)3/h5H,1-2,6,9H2,3-4H3. The summed E-state index contributed by atoms with van der Waals surface area (Å²) in [6, 6.07) is 0. The predicted molar refractivity (Wildman–Crippen MR) is 42.2 cm³/mol. The van der Waals surface area contributed by atoms with Crippen molar-refractivity contribution in [3.63, 3.8) is 0 Å². The van der Waals surface area contributed by atoms with Crippen LogP contribution in [0.1, 0.15) is 20.3 Å². The van der Waals surface area contributed by atoms with Gasteiger partial charge >= 0.3 is 0 Å². The van der Waals surface area contributed by atoms with Crippen LogP contribution in [-0.4, -0.2) is 5.54 Å². The summed E-state index contributed by atoms with van der Waals surface area (Å²) < 4.78 is 0. The molecule has 0 saturated heterocycles. The van der Waals surface area contributed by atoms with Crippen molar-refractivity contribution >= 4 is 0 Å². The van der Waals surface area contributed by atoms with Gasteiger partial charge in [-0.3, -0.25) is 0 Å². The summed E-state index contributed by atoms with van der Waals surface area (Å²) in [4.78, 5) is 0. The van der Waals surface area contributed by atoms with E-state index >= 15 is 0 Å². The van der Waals surface area contributed by atoms with Crippen molar-refractivity contribution in [1.29, 1.82) is 0 Å². The molecule has 0 amide bonds. The second-order valence-corrected chi connectivity index (χ2v) is 2.69. The molecule has 1 nitrogen and oxygen atoms in total. The van der Waals surface area contributed by atoms with E-state index < -0.39 is 0 Å². The summed E-state index contributed by atoms with van der Waals surface area (Å²) in [5.41, 5.74) is 6.54. The van der Waals surface area contributed by atoms with Crippen molar-refractivity contribution in [2.45, 2.75) is 25.8 Å². The van der Waals surface area contributed by atoms with E-state index in [1.54, 1.807) is 0 Å².